The number of rotatable bonds is 5. The number of furan rings is 1. The van der Waals surface area contributed by atoms with Crippen LogP contribution in [0.25, 0.3) is 0 Å². The predicted octanol–water partition coefficient (Wildman–Crippen LogP) is 2.10. The molecule has 2 aromatic rings. The van der Waals surface area contributed by atoms with Gasteiger partial charge in [-0.15, -0.1) is 11.3 Å². The second-order valence-electron chi connectivity index (χ2n) is 6.21. The van der Waals surface area contributed by atoms with Crippen LogP contribution in [0.15, 0.2) is 40.3 Å². The van der Waals surface area contributed by atoms with Gasteiger partial charge in [0.15, 0.2) is 0 Å². The van der Waals surface area contributed by atoms with E-state index in [1.807, 2.05) is 12.1 Å². The van der Waals surface area contributed by atoms with Crippen LogP contribution in [0.4, 0.5) is 0 Å². The van der Waals surface area contributed by atoms with Crippen LogP contribution in [-0.2, 0) is 22.6 Å². The summed E-state index contributed by atoms with van der Waals surface area (Å²) in [6.07, 6.45) is 1.81. The van der Waals surface area contributed by atoms with E-state index >= 15 is 0 Å². The molecular formula is C17H20N2O3S. The molecule has 23 heavy (non-hydrogen) atoms. The molecular weight excluding hydrogens is 312 g/mol. The second-order valence-corrected chi connectivity index (χ2v) is 7.24. The quantitative estimate of drug-likeness (QED) is 0.911. The molecule has 3 atom stereocenters. The third-order valence-electron chi connectivity index (χ3n) is 4.70. The monoisotopic (exact) mass is 332 g/mol. The standard InChI is InChI=1S/C17H20N2O3S/c20-17(18-7-12-3-1-5-21-12)15-11-22-16-10-19(9-14(15)16)8-13-4-2-6-23-13/h1-6,14-16H,7-11H2,(H,18,20)/t14-,15+,16-/m1/s1. The van der Waals surface area contributed by atoms with Crippen molar-refractivity contribution in [3.8, 4) is 0 Å². The number of hydrogen-bond acceptors (Lipinski definition) is 5. The van der Waals surface area contributed by atoms with E-state index in [0.29, 0.717) is 19.1 Å². The molecule has 4 heterocycles. The van der Waals surface area contributed by atoms with Crippen molar-refractivity contribution in [2.24, 2.45) is 11.8 Å². The van der Waals surface area contributed by atoms with Crippen molar-refractivity contribution < 1.29 is 13.9 Å². The van der Waals surface area contributed by atoms with Crippen molar-refractivity contribution in [1.29, 1.82) is 0 Å². The number of nitrogens with zero attached hydrogens (tertiary/aromatic N) is 1. The topological polar surface area (TPSA) is 54.7 Å². The largest absolute Gasteiger partial charge is 0.467 e. The van der Waals surface area contributed by atoms with Gasteiger partial charge in [-0.3, -0.25) is 9.69 Å². The number of nitrogens with one attached hydrogen (secondary N) is 1. The van der Waals surface area contributed by atoms with Crippen LogP contribution in [0.5, 0.6) is 0 Å². The van der Waals surface area contributed by atoms with E-state index in [9.17, 15) is 4.79 Å². The number of hydrogen-bond donors (Lipinski definition) is 1. The third kappa shape index (κ3) is 3.20. The van der Waals surface area contributed by atoms with E-state index in [1.165, 1.54) is 4.88 Å². The molecule has 5 nitrogen and oxygen atoms in total. The summed E-state index contributed by atoms with van der Waals surface area (Å²) in [5, 5.41) is 5.08. The number of fused-ring (bicyclic) bond motifs is 1. The Hall–Kier alpha value is -1.63. The highest BCUT2D eigenvalue weighted by Crippen LogP contribution is 2.34. The Morgan fingerprint density at radius 3 is 3.09 bits per heavy atom. The summed E-state index contributed by atoms with van der Waals surface area (Å²) in [6.45, 7) is 3.78. The zero-order valence-corrected chi connectivity index (χ0v) is 13.6. The van der Waals surface area contributed by atoms with Gasteiger partial charge in [0.2, 0.25) is 5.91 Å². The van der Waals surface area contributed by atoms with Gasteiger partial charge in [-0.2, -0.15) is 0 Å². The van der Waals surface area contributed by atoms with Crippen LogP contribution < -0.4 is 5.32 Å². The Morgan fingerprint density at radius 2 is 2.30 bits per heavy atom. The summed E-state index contributed by atoms with van der Waals surface area (Å²) < 4.78 is 11.1. The Balaban J connectivity index is 1.33. The van der Waals surface area contributed by atoms with Crippen LogP contribution in [0.1, 0.15) is 10.6 Å². The lowest BCUT2D eigenvalue weighted by Gasteiger charge is -2.18. The minimum absolute atomic E-state index is 0.0525. The first-order valence-corrected chi connectivity index (χ1v) is 8.84. The minimum Gasteiger partial charge on any atom is -0.467 e. The molecule has 122 valence electrons. The zero-order valence-electron chi connectivity index (χ0n) is 12.8. The first-order chi connectivity index (χ1) is 11.3. The highest BCUT2D eigenvalue weighted by molar-refractivity contribution is 7.09. The van der Waals surface area contributed by atoms with Crippen LogP contribution >= 0.6 is 11.3 Å². The first kappa shape index (κ1) is 14.9. The molecule has 1 amide bonds. The van der Waals surface area contributed by atoms with Gasteiger partial charge in [0.1, 0.15) is 5.76 Å². The molecule has 2 fully saturated rings. The zero-order chi connectivity index (χ0) is 15.6. The van der Waals surface area contributed by atoms with Crippen molar-refractivity contribution in [3.63, 3.8) is 0 Å². The lowest BCUT2D eigenvalue weighted by Crippen LogP contribution is -2.36. The Morgan fingerprint density at radius 1 is 1.35 bits per heavy atom. The number of carbonyl (C=O) groups is 1. The van der Waals surface area contributed by atoms with Gasteiger partial charge < -0.3 is 14.5 Å². The lowest BCUT2D eigenvalue weighted by molar-refractivity contribution is -0.126. The van der Waals surface area contributed by atoms with Gasteiger partial charge in [-0.1, -0.05) is 6.07 Å². The molecule has 6 heteroatoms. The SMILES string of the molecule is O=C(NCc1ccco1)[C@H]1CO[C@@H]2CN(Cc3cccs3)C[C@H]12. The molecule has 0 bridgehead atoms. The summed E-state index contributed by atoms with van der Waals surface area (Å²) in [6, 6.07) is 7.94. The van der Waals surface area contributed by atoms with Crippen LogP contribution in [0, 0.1) is 11.8 Å². The van der Waals surface area contributed by atoms with Gasteiger partial charge in [0.05, 0.1) is 31.4 Å². The van der Waals surface area contributed by atoms with Gasteiger partial charge >= 0.3 is 0 Å². The summed E-state index contributed by atoms with van der Waals surface area (Å²) in [5.74, 6) is 1.10. The molecule has 0 spiro atoms. The fourth-order valence-corrected chi connectivity index (χ4v) is 4.28. The van der Waals surface area contributed by atoms with Crippen molar-refractivity contribution >= 4 is 17.2 Å². The molecule has 0 unspecified atom stereocenters. The summed E-state index contributed by atoms with van der Waals surface area (Å²) >= 11 is 1.78. The molecule has 2 saturated heterocycles. The molecule has 0 radical (unpaired) electrons. The highest BCUT2D eigenvalue weighted by Gasteiger charge is 2.46. The summed E-state index contributed by atoms with van der Waals surface area (Å²) in [5.41, 5.74) is 0. The summed E-state index contributed by atoms with van der Waals surface area (Å²) in [4.78, 5) is 16.2. The predicted molar refractivity (Wildman–Crippen MR) is 86.9 cm³/mol. The maximum absolute atomic E-state index is 12.5. The molecule has 2 aliphatic heterocycles. The maximum atomic E-state index is 12.5. The lowest BCUT2D eigenvalue weighted by atomic mass is 9.92. The van der Waals surface area contributed by atoms with Gasteiger partial charge in [0, 0.05) is 30.4 Å². The van der Waals surface area contributed by atoms with E-state index in [2.05, 4.69) is 27.7 Å². The van der Waals surface area contributed by atoms with Crippen molar-refractivity contribution in [1.82, 2.24) is 10.2 Å². The van der Waals surface area contributed by atoms with Crippen LogP contribution in [0.3, 0.4) is 0 Å². The molecule has 0 saturated carbocycles. The smallest absolute Gasteiger partial charge is 0.226 e. The summed E-state index contributed by atoms with van der Waals surface area (Å²) in [7, 11) is 0. The van der Waals surface area contributed by atoms with E-state index in [0.717, 1.165) is 25.4 Å². The molecule has 4 rings (SSSR count). The van der Waals surface area contributed by atoms with Crippen molar-refractivity contribution in [2.75, 3.05) is 19.7 Å². The van der Waals surface area contributed by atoms with Crippen molar-refractivity contribution in [2.45, 2.75) is 19.2 Å². The van der Waals surface area contributed by atoms with E-state index in [-0.39, 0.29) is 17.9 Å². The van der Waals surface area contributed by atoms with Crippen LogP contribution in [0.2, 0.25) is 0 Å². The maximum Gasteiger partial charge on any atom is 0.226 e. The van der Waals surface area contributed by atoms with Gasteiger partial charge in [0.25, 0.3) is 0 Å². The van der Waals surface area contributed by atoms with Crippen molar-refractivity contribution in [3.05, 3.63) is 46.5 Å². The fraction of sp³-hybridized carbons (Fsp3) is 0.471. The second kappa shape index (κ2) is 6.47. The Kier molecular flexibility index (Phi) is 4.20. The van der Waals surface area contributed by atoms with E-state index in [4.69, 9.17) is 9.15 Å². The number of thiophene rings is 1. The molecule has 1 N–H and O–H groups in total. The molecule has 2 aliphatic rings. The number of likely N-dealkylation sites (tertiary alicyclic amines) is 1. The average Bonchev–Trinajstić information content (AvgIpc) is 3.30. The van der Waals surface area contributed by atoms with E-state index in [1.54, 1.807) is 17.6 Å². The van der Waals surface area contributed by atoms with E-state index < -0.39 is 0 Å². The first-order valence-electron chi connectivity index (χ1n) is 7.96. The third-order valence-corrected chi connectivity index (χ3v) is 5.57. The Labute approximate surface area is 139 Å². The van der Waals surface area contributed by atoms with Crippen LogP contribution in [-0.4, -0.2) is 36.6 Å². The Bertz CT molecular complexity index is 641. The van der Waals surface area contributed by atoms with Gasteiger partial charge in [-0.25, -0.2) is 0 Å². The number of amides is 1. The fourth-order valence-electron chi connectivity index (χ4n) is 3.53. The minimum atomic E-state index is -0.0525. The molecule has 2 aromatic heterocycles. The molecule has 0 aromatic carbocycles. The number of ether oxygens (including phenoxy) is 1. The van der Waals surface area contributed by atoms with Gasteiger partial charge in [-0.05, 0) is 23.6 Å². The number of carbonyl (C=O) groups excluding carboxylic acids is 1. The molecule has 0 aliphatic carbocycles. The highest BCUT2D eigenvalue weighted by atomic mass is 32.1. The average molecular weight is 332 g/mol. The normalized spacial score (nSPS) is 27.2.